The summed E-state index contributed by atoms with van der Waals surface area (Å²) in [5, 5.41) is 15.5. The van der Waals surface area contributed by atoms with E-state index in [1.807, 2.05) is 13.0 Å². The maximum absolute atomic E-state index is 9.24. The fourth-order valence-electron chi connectivity index (χ4n) is 1.45. The van der Waals surface area contributed by atoms with E-state index in [-0.39, 0.29) is 6.10 Å². The molecule has 0 aliphatic carbocycles. The maximum Gasteiger partial charge on any atom is 0.133 e. The highest BCUT2D eigenvalue weighted by Gasteiger charge is 2.04. The van der Waals surface area contributed by atoms with Gasteiger partial charge in [0.15, 0.2) is 0 Å². The maximum atomic E-state index is 9.24. The Labute approximate surface area is 103 Å². The van der Waals surface area contributed by atoms with Gasteiger partial charge in [-0.3, -0.25) is 0 Å². The molecule has 1 aromatic heterocycles. The Balaban J connectivity index is 2.79. The molecule has 0 aliphatic rings. The van der Waals surface area contributed by atoms with Crippen LogP contribution in [0.4, 0.5) is 11.6 Å². The van der Waals surface area contributed by atoms with Crippen LogP contribution in [0.5, 0.6) is 0 Å². The van der Waals surface area contributed by atoms with Crippen molar-refractivity contribution in [1.82, 2.24) is 9.97 Å². The molecule has 0 aliphatic heterocycles. The molecular formula is C12H22N4O. The van der Waals surface area contributed by atoms with Crippen LogP contribution >= 0.6 is 0 Å². The van der Waals surface area contributed by atoms with Crippen LogP contribution in [-0.2, 0) is 6.42 Å². The van der Waals surface area contributed by atoms with Crippen LogP contribution in [0.1, 0.15) is 33.0 Å². The molecule has 0 fully saturated rings. The number of nitrogens with zero attached hydrogens (tertiary/aromatic N) is 2. The fraction of sp³-hybridized carbons (Fsp3) is 0.667. The van der Waals surface area contributed by atoms with Crippen molar-refractivity contribution in [1.29, 1.82) is 0 Å². The topological polar surface area (TPSA) is 70.1 Å². The monoisotopic (exact) mass is 238 g/mol. The van der Waals surface area contributed by atoms with Crippen molar-refractivity contribution in [2.24, 2.45) is 0 Å². The molecule has 0 bridgehead atoms. The van der Waals surface area contributed by atoms with Crippen LogP contribution in [0.2, 0.25) is 0 Å². The van der Waals surface area contributed by atoms with E-state index in [9.17, 15) is 5.11 Å². The molecule has 1 heterocycles. The van der Waals surface area contributed by atoms with Crippen LogP contribution in [0, 0.1) is 0 Å². The number of aliphatic hydroxyl groups is 1. The number of hydrogen-bond donors (Lipinski definition) is 3. The van der Waals surface area contributed by atoms with Crippen molar-refractivity contribution >= 4 is 11.6 Å². The van der Waals surface area contributed by atoms with Gasteiger partial charge in [0.1, 0.15) is 17.5 Å². The highest BCUT2D eigenvalue weighted by Crippen LogP contribution is 2.12. The van der Waals surface area contributed by atoms with Gasteiger partial charge in [-0.1, -0.05) is 6.92 Å². The van der Waals surface area contributed by atoms with Gasteiger partial charge in [-0.2, -0.15) is 0 Å². The van der Waals surface area contributed by atoms with E-state index in [2.05, 4.69) is 27.5 Å². The molecule has 1 unspecified atom stereocenters. The van der Waals surface area contributed by atoms with Gasteiger partial charge in [-0.05, 0) is 20.3 Å². The van der Waals surface area contributed by atoms with Crippen LogP contribution < -0.4 is 10.6 Å². The van der Waals surface area contributed by atoms with E-state index >= 15 is 0 Å². The molecule has 1 rings (SSSR count). The predicted molar refractivity (Wildman–Crippen MR) is 70.4 cm³/mol. The first-order valence-electron chi connectivity index (χ1n) is 6.19. The molecule has 0 saturated heterocycles. The van der Waals surface area contributed by atoms with Gasteiger partial charge in [-0.25, -0.2) is 9.97 Å². The van der Waals surface area contributed by atoms with Gasteiger partial charge in [0.25, 0.3) is 0 Å². The number of aliphatic hydroxyl groups excluding tert-OH is 1. The summed E-state index contributed by atoms with van der Waals surface area (Å²) < 4.78 is 0. The first kappa shape index (κ1) is 13.7. The summed E-state index contributed by atoms with van der Waals surface area (Å²) in [4.78, 5) is 8.82. The molecule has 0 aromatic carbocycles. The predicted octanol–water partition coefficient (Wildman–Crippen LogP) is 1.65. The largest absolute Gasteiger partial charge is 0.392 e. The Morgan fingerprint density at radius 2 is 1.88 bits per heavy atom. The normalized spacial score (nSPS) is 12.2. The summed E-state index contributed by atoms with van der Waals surface area (Å²) >= 11 is 0. The molecule has 5 heteroatoms. The Bertz CT molecular complexity index is 317. The number of aromatic nitrogens is 2. The third-order valence-corrected chi connectivity index (χ3v) is 2.18. The van der Waals surface area contributed by atoms with Crippen LogP contribution in [0.15, 0.2) is 6.07 Å². The molecule has 0 spiro atoms. The van der Waals surface area contributed by atoms with Gasteiger partial charge in [0, 0.05) is 25.6 Å². The Morgan fingerprint density at radius 1 is 1.24 bits per heavy atom. The lowest BCUT2D eigenvalue weighted by Crippen LogP contribution is -2.17. The number of aryl methyl sites for hydroxylation is 1. The molecule has 3 N–H and O–H groups in total. The highest BCUT2D eigenvalue weighted by molar-refractivity contribution is 5.47. The fourth-order valence-corrected chi connectivity index (χ4v) is 1.45. The first-order chi connectivity index (χ1) is 8.15. The van der Waals surface area contributed by atoms with E-state index in [0.29, 0.717) is 6.54 Å². The third kappa shape index (κ3) is 4.99. The summed E-state index contributed by atoms with van der Waals surface area (Å²) in [6, 6.07) is 1.87. The molecule has 1 atom stereocenters. The Morgan fingerprint density at radius 3 is 2.41 bits per heavy atom. The third-order valence-electron chi connectivity index (χ3n) is 2.18. The second-order valence-corrected chi connectivity index (χ2v) is 4.06. The second kappa shape index (κ2) is 7.06. The number of rotatable bonds is 7. The van der Waals surface area contributed by atoms with Gasteiger partial charge in [0.2, 0.25) is 0 Å². The lowest BCUT2D eigenvalue weighted by atomic mass is 10.3. The molecule has 5 nitrogen and oxygen atoms in total. The summed E-state index contributed by atoms with van der Waals surface area (Å²) in [6.07, 6.45) is 1.50. The minimum atomic E-state index is -0.387. The summed E-state index contributed by atoms with van der Waals surface area (Å²) in [5.74, 6) is 2.43. The molecular weight excluding hydrogens is 216 g/mol. The molecule has 17 heavy (non-hydrogen) atoms. The minimum Gasteiger partial charge on any atom is -0.392 e. The molecule has 0 amide bonds. The molecule has 1 aromatic rings. The lowest BCUT2D eigenvalue weighted by molar-refractivity contribution is 0.208. The van der Waals surface area contributed by atoms with E-state index in [4.69, 9.17) is 0 Å². The Hall–Kier alpha value is -1.36. The summed E-state index contributed by atoms with van der Waals surface area (Å²) in [6.45, 7) is 7.20. The van der Waals surface area contributed by atoms with Gasteiger partial charge in [-0.15, -0.1) is 0 Å². The lowest BCUT2D eigenvalue weighted by Gasteiger charge is -2.11. The SMILES string of the molecule is CCCc1nc(NCC)cc(NCC(C)O)n1. The second-order valence-electron chi connectivity index (χ2n) is 4.06. The van der Waals surface area contributed by atoms with Gasteiger partial charge < -0.3 is 15.7 Å². The zero-order chi connectivity index (χ0) is 12.7. The zero-order valence-electron chi connectivity index (χ0n) is 10.8. The van der Waals surface area contributed by atoms with Crippen LogP contribution in [-0.4, -0.2) is 34.3 Å². The summed E-state index contributed by atoms with van der Waals surface area (Å²) in [7, 11) is 0. The van der Waals surface area contributed by atoms with Crippen molar-refractivity contribution in [3.63, 3.8) is 0 Å². The quantitative estimate of drug-likeness (QED) is 0.674. The van der Waals surface area contributed by atoms with Crippen LogP contribution in [0.25, 0.3) is 0 Å². The van der Waals surface area contributed by atoms with Crippen LogP contribution in [0.3, 0.4) is 0 Å². The summed E-state index contributed by atoms with van der Waals surface area (Å²) in [5.41, 5.74) is 0. The smallest absolute Gasteiger partial charge is 0.133 e. The molecule has 0 saturated carbocycles. The van der Waals surface area contributed by atoms with E-state index in [1.165, 1.54) is 0 Å². The van der Waals surface area contributed by atoms with Gasteiger partial charge in [0.05, 0.1) is 6.10 Å². The zero-order valence-corrected chi connectivity index (χ0v) is 10.8. The molecule has 96 valence electrons. The van der Waals surface area contributed by atoms with Crippen molar-refractivity contribution in [2.45, 2.75) is 39.7 Å². The Kier molecular flexibility index (Phi) is 5.69. The number of nitrogens with one attached hydrogen (secondary N) is 2. The average Bonchev–Trinajstić information content (AvgIpc) is 2.27. The standard InChI is InChI=1S/C12H22N4O/c1-4-6-10-15-11(13-5-2)7-12(16-10)14-8-9(3)17/h7,9,17H,4-6,8H2,1-3H3,(H2,13,14,15,16). The minimum absolute atomic E-state index is 0.387. The number of hydrogen-bond acceptors (Lipinski definition) is 5. The van der Waals surface area contributed by atoms with Crippen molar-refractivity contribution < 1.29 is 5.11 Å². The van der Waals surface area contributed by atoms with Crippen molar-refractivity contribution in [2.75, 3.05) is 23.7 Å². The first-order valence-corrected chi connectivity index (χ1v) is 6.19. The highest BCUT2D eigenvalue weighted by atomic mass is 16.3. The van der Waals surface area contributed by atoms with E-state index < -0.39 is 0 Å². The average molecular weight is 238 g/mol. The van der Waals surface area contributed by atoms with E-state index in [0.717, 1.165) is 36.8 Å². The van der Waals surface area contributed by atoms with Crippen molar-refractivity contribution in [3.05, 3.63) is 11.9 Å². The van der Waals surface area contributed by atoms with E-state index in [1.54, 1.807) is 6.92 Å². The van der Waals surface area contributed by atoms with Gasteiger partial charge >= 0.3 is 0 Å². The number of anilines is 2. The van der Waals surface area contributed by atoms with Crippen molar-refractivity contribution in [3.8, 4) is 0 Å². The molecule has 0 radical (unpaired) electrons.